The molecule has 0 heterocycles. The minimum atomic E-state index is -0.815. The molecule has 9 heteroatoms. The number of anilines is 3. The van der Waals surface area contributed by atoms with Crippen molar-refractivity contribution >= 4 is 45.0 Å². The second kappa shape index (κ2) is 12.8. The molecule has 5 N–H and O–H groups in total. The number of hydrogen-bond donors (Lipinski definition) is 4. The maximum Gasteiger partial charge on any atom is 0.412 e. The number of ether oxygens (including phenoxy) is 1. The molecule has 0 aliphatic carbocycles. The first-order valence-electron chi connectivity index (χ1n) is 11.9. The molecule has 0 unspecified atom stereocenters. The van der Waals surface area contributed by atoms with Crippen LogP contribution >= 0.6 is 15.9 Å². The average Bonchev–Trinajstić information content (AvgIpc) is 2.88. The van der Waals surface area contributed by atoms with E-state index in [0.29, 0.717) is 41.0 Å². The molecule has 38 heavy (non-hydrogen) atoms. The SMILES string of the molecule is CC(C)(CC/C=C/C(=O)Nc1ccccc1N)[C@H](OC(=O)Nc1ccc(C#N)cc1)c1cc(Br)ccc1O. The third kappa shape index (κ3) is 7.85. The number of amides is 2. The van der Waals surface area contributed by atoms with Crippen LogP contribution in [0.15, 0.2) is 83.4 Å². The molecular formula is C29H29BrN4O4. The Morgan fingerprint density at radius 2 is 1.84 bits per heavy atom. The van der Waals surface area contributed by atoms with Gasteiger partial charge in [-0.15, -0.1) is 0 Å². The number of phenolic OH excluding ortho intramolecular Hbond substituents is 1. The van der Waals surface area contributed by atoms with Crippen LogP contribution in [0.4, 0.5) is 21.9 Å². The predicted molar refractivity (Wildman–Crippen MR) is 151 cm³/mol. The minimum absolute atomic E-state index is 0.00665. The number of nitrogens with zero attached hydrogens (tertiary/aromatic N) is 1. The van der Waals surface area contributed by atoms with E-state index in [0.717, 1.165) is 4.47 Å². The summed E-state index contributed by atoms with van der Waals surface area (Å²) < 4.78 is 6.58. The largest absolute Gasteiger partial charge is 0.508 e. The molecule has 196 valence electrons. The molecular weight excluding hydrogens is 548 g/mol. The van der Waals surface area contributed by atoms with Gasteiger partial charge in [0.1, 0.15) is 11.9 Å². The Hall–Kier alpha value is -4.29. The summed E-state index contributed by atoms with van der Waals surface area (Å²) in [5.74, 6) is -0.312. The summed E-state index contributed by atoms with van der Waals surface area (Å²) in [7, 11) is 0. The van der Waals surface area contributed by atoms with Crippen LogP contribution in [0, 0.1) is 16.7 Å². The van der Waals surface area contributed by atoms with Crippen molar-refractivity contribution in [2.24, 2.45) is 5.41 Å². The van der Waals surface area contributed by atoms with Gasteiger partial charge in [-0.05, 0) is 73.5 Å². The van der Waals surface area contributed by atoms with Gasteiger partial charge in [-0.2, -0.15) is 5.26 Å². The molecule has 0 aromatic heterocycles. The Bertz CT molecular complexity index is 1360. The van der Waals surface area contributed by atoms with Crippen LogP contribution in [0.25, 0.3) is 0 Å². The lowest BCUT2D eigenvalue weighted by Crippen LogP contribution is -2.29. The molecule has 0 radical (unpaired) electrons. The Labute approximate surface area is 230 Å². The molecule has 3 aromatic rings. The van der Waals surface area contributed by atoms with Crippen LogP contribution in [0.3, 0.4) is 0 Å². The van der Waals surface area contributed by atoms with E-state index in [1.165, 1.54) is 12.1 Å². The van der Waals surface area contributed by atoms with Crippen molar-refractivity contribution < 1.29 is 19.4 Å². The average molecular weight is 577 g/mol. The van der Waals surface area contributed by atoms with E-state index < -0.39 is 17.6 Å². The topological polar surface area (TPSA) is 137 Å². The van der Waals surface area contributed by atoms with E-state index in [1.54, 1.807) is 66.7 Å². The zero-order valence-electron chi connectivity index (χ0n) is 21.1. The van der Waals surface area contributed by atoms with E-state index in [9.17, 15) is 14.7 Å². The summed E-state index contributed by atoms with van der Waals surface area (Å²) in [5, 5.41) is 25.0. The van der Waals surface area contributed by atoms with Crippen LogP contribution in [-0.2, 0) is 9.53 Å². The summed E-state index contributed by atoms with van der Waals surface area (Å²) in [5.41, 5.74) is 7.63. The molecule has 8 nitrogen and oxygen atoms in total. The molecule has 3 aromatic carbocycles. The van der Waals surface area contributed by atoms with Crippen molar-refractivity contribution in [2.45, 2.75) is 32.8 Å². The number of allylic oxidation sites excluding steroid dienone is 1. The number of phenols is 1. The number of rotatable bonds is 9. The van der Waals surface area contributed by atoms with Crippen molar-refractivity contribution in [3.8, 4) is 11.8 Å². The van der Waals surface area contributed by atoms with Gasteiger partial charge in [-0.25, -0.2) is 4.79 Å². The lowest BCUT2D eigenvalue weighted by molar-refractivity contribution is -0.111. The Morgan fingerprint density at radius 3 is 2.53 bits per heavy atom. The van der Waals surface area contributed by atoms with Gasteiger partial charge >= 0.3 is 6.09 Å². The number of nitrogen functional groups attached to an aromatic ring is 1. The van der Waals surface area contributed by atoms with Gasteiger partial charge in [0.25, 0.3) is 0 Å². The highest BCUT2D eigenvalue weighted by Crippen LogP contribution is 2.44. The van der Waals surface area contributed by atoms with Gasteiger partial charge in [0.2, 0.25) is 5.91 Å². The highest BCUT2D eigenvalue weighted by Gasteiger charge is 2.35. The molecule has 1 atom stereocenters. The number of hydrogen-bond acceptors (Lipinski definition) is 6. The van der Waals surface area contributed by atoms with Crippen molar-refractivity contribution in [1.29, 1.82) is 5.26 Å². The molecule has 0 fully saturated rings. The third-order valence-corrected chi connectivity index (χ3v) is 6.40. The Morgan fingerprint density at radius 1 is 1.13 bits per heavy atom. The zero-order chi connectivity index (χ0) is 27.7. The van der Waals surface area contributed by atoms with Crippen molar-refractivity contribution in [2.75, 3.05) is 16.4 Å². The van der Waals surface area contributed by atoms with E-state index >= 15 is 0 Å². The molecule has 0 bridgehead atoms. The highest BCUT2D eigenvalue weighted by atomic mass is 79.9. The van der Waals surface area contributed by atoms with Crippen molar-refractivity contribution in [3.63, 3.8) is 0 Å². The second-order valence-electron chi connectivity index (χ2n) is 9.31. The van der Waals surface area contributed by atoms with Crippen molar-refractivity contribution in [1.82, 2.24) is 0 Å². The summed E-state index contributed by atoms with van der Waals surface area (Å²) in [6, 6.07) is 20.4. The number of carbonyl (C=O) groups is 2. The molecule has 3 rings (SSSR count). The number of aromatic hydroxyl groups is 1. The van der Waals surface area contributed by atoms with Gasteiger partial charge in [0.15, 0.2) is 0 Å². The number of halogens is 1. The molecule has 0 saturated carbocycles. The van der Waals surface area contributed by atoms with E-state index in [2.05, 4.69) is 26.6 Å². The number of carbonyl (C=O) groups excluding carboxylic acids is 2. The monoisotopic (exact) mass is 576 g/mol. The molecule has 0 spiro atoms. The maximum absolute atomic E-state index is 12.8. The van der Waals surface area contributed by atoms with Crippen LogP contribution in [0.5, 0.6) is 5.75 Å². The minimum Gasteiger partial charge on any atom is -0.508 e. The van der Waals surface area contributed by atoms with Crippen LogP contribution in [0.2, 0.25) is 0 Å². The van der Waals surface area contributed by atoms with Gasteiger partial charge < -0.3 is 20.9 Å². The first-order valence-corrected chi connectivity index (χ1v) is 12.7. The van der Waals surface area contributed by atoms with Crippen LogP contribution in [0.1, 0.15) is 43.9 Å². The van der Waals surface area contributed by atoms with Gasteiger partial charge in [0, 0.05) is 21.1 Å². The van der Waals surface area contributed by atoms with E-state index in [-0.39, 0.29) is 11.7 Å². The molecule has 0 aliphatic heterocycles. The number of nitrogens with one attached hydrogen (secondary N) is 2. The standard InChI is InChI=1S/C29H29BrN4O4/c1-29(2,16-6-5-9-26(36)34-24-8-4-3-7-23(24)32)27(22-17-20(30)12-15-25(22)35)38-28(37)33-21-13-10-19(18-31)11-14-21/h3-5,7-15,17,27,35H,6,16,32H2,1-2H3,(H,33,37)(H,34,36)/b9-5+/t27-/m1/s1. The smallest absolute Gasteiger partial charge is 0.412 e. The first kappa shape index (κ1) is 28.3. The zero-order valence-corrected chi connectivity index (χ0v) is 22.7. The fraction of sp³-hybridized carbons (Fsp3) is 0.207. The van der Waals surface area contributed by atoms with Crippen LogP contribution in [-0.4, -0.2) is 17.1 Å². The first-order chi connectivity index (χ1) is 18.1. The second-order valence-corrected chi connectivity index (χ2v) is 10.2. The third-order valence-electron chi connectivity index (χ3n) is 5.91. The molecule has 2 amide bonds. The van der Waals surface area contributed by atoms with Gasteiger partial charge in [0.05, 0.1) is 23.0 Å². The normalized spacial score (nSPS) is 11.9. The van der Waals surface area contributed by atoms with E-state index in [1.807, 2.05) is 19.9 Å². The fourth-order valence-electron chi connectivity index (χ4n) is 3.82. The Kier molecular flexibility index (Phi) is 9.52. The van der Waals surface area contributed by atoms with Gasteiger partial charge in [-0.3, -0.25) is 10.1 Å². The van der Waals surface area contributed by atoms with E-state index in [4.69, 9.17) is 15.7 Å². The van der Waals surface area contributed by atoms with Crippen molar-refractivity contribution in [3.05, 3.63) is 94.5 Å². The molecule has 0 saturated heterocycles. The van der Waals surface area contributed by atoms with Gasteiger partial charge in [-0.1, -0.05) is 48.0 Å². The summed E-state index contributed by atoms with van der Waals surface area (Å²) >= 11 is 3.42. The number of benzene rings is 3. The molecule has 0 aliphatic rings. The summed E-state index contributed by atoms with van der Waals surface area (Å²) in [6.07, 6.45) is 2.70. The highest BCUT2D eigenvalue weighted by molar-refractivity contribution is 9.10. The maximum atomic E-state index is 12.8. The quantitative estimate of drug-likeness (QED) is 0.161. The number of nitrogens with two attached hydrogens (primary N) is 1. The lowest BCUT2D eigenvalue weighted by Gasteiger charge is -2.34. The summed E-state index contributed by atoms with van der Waals surface area (Å²) in [6.45, 7) is 3.84. The fourth-order valence-corrected chi connectivity index (χ4v) is 4.20. The lowest BCUT2D eigenvalue weighted by atomic mass is 9.78. The Balaban J connectivity index is 1.72. The summed E-state index contributed by atoms with van der Waals surface area (Å²) in [4.78, 5) is 25.1. The number of para-hydroxylation sites is 2. The predicted octanol–water partition coefficient (Wildman–Crippen LogP) is 6.90. The number of nitriles is 1. The van der Waals surface area contributed by atoms with Crippen LogP contribution < -0.4 is 16.4 Å².